The monoisotopic (exact) mass is 572 g/mol. The second kappa shape index (κ2) is 16.0. The smallest absolute Gasteiger partial charge is 0.434 e. The van der Waals surface area contributed by atoms with Gasteiger partial charge in [0, 0.05) is 0 Å². The lowest BCUT2D eigenvalue weighted by molar-refractivity contribution is -0.161. The van der Waals surface area contributed by atoms with Gasteiger partial charge < -0.3 is 24.6 Å². The van der Waals surface area contributed by atoms with Crippen LogP contribution in [0.3, 0.4) is 0 Å². The number of hydrogen-bond donors (Lipinski definition) is 2. The number of carbonyl (C=O) groups excluding carboxylic acids is 3. The summed E-state index contributed by atoms with van der Waals surface area (Å²) in [5.74, 6) is -0.596. The highest BCUT2D eigenvalue weighted by atomic mass is 16.7. The van der Waals surface area contributed by atoms with Crippen LogP contribution in [0.15, 0.2) is 60.7 Å². The predicted octanol–water partition coefficient (Wildman–Crippen LogP) is 5.38. The summed E-state index contributed by atoms with van der Waals surface area (Å²) < 4.78 is 16.0. The summed E-state index contributed by atoms with van der Waals surface area (Å²) in [6.07, 6.45) is -2.22. The Labute approximate surface area is 242 Å². The van der Waals surface area contributed by atoms with E-state index in [2.05, 4.69) is 5.32 Å². The zero-order chi connectivity index (χ0) is 30.5. The van der Waals surface area contributed by atoms with Crippen molar-refractivity contribution in [1.82, 2.24) is 10.4 Å². The van der Waals surface area contributed by atoms with Crippen molar-refractivity contribution in [2.75, 3.05) is 13.2 Å². The van der Waals surface area contributed by atoms with E-state index in [9.17, 15) is 19.5 Å². The molecular weight excluding hydrogens is 528 g/mol. The number of rotatable bonds is 14. The third-order valence-corrected chi connectivity index (χ3v) is 6.14. The summed E-state index contributed by atoms with van der Waals surface area (Å²) in [6.45, 7) is 10.4. The number of ether oxygens (including phenoxy) is 3. The standard InChI is InChI=1S/C31H44N2O8/c1-7-38-27(35)31(5,6)26(34)25(32-28(36)41-30(2,3)4)19-14-20-33(40-22-24-17-12-9-13-18-24)29(37)39-21-23-15-10-8-11-16-23/h8-13,15-18,25-26,34H,7,14,19-22H2,1-6H3,(H,32,36)/t25-,26-/m0/s1. The largest absolute Gasteiger partial charge is 0.466 e. The van der Waals surface area contributed by atoms with Gasteiger partial charge in [0.05, 0.1) is 30.7 Å². The molecule has 0 heterocycles. The van der Waals surface area contributed by atoms with E-state index in [0.717, 1.165) is 16.2 Å². The Balaban J connectivity index is 2.14. The lowest BCUT2D eigenvalue weighted by atomic mass is 9.81. The van der Waals surface area contributed by atoms with Gasteiger partial charge in [-0.1, -0.05) is 60.7 Å². The van der Waals surface area contributed by atoms with Gasteiger partial charge in [0.1, 0.15) is 18.8 Å². The number of carbonyl (C=O) groups is 3. The summed E-state index contributed by atoms with van der Waals surface area (Å²) >= 11 is 0. The van der Waals surface area contributed by atoms with Crippen molar-refractivity contribution in [3.05, 3.63) is 71.8 Å². The topological polar surface area (TPSA) is 124 Å². The van der Waals surface area contributed by atoms with E-state index in [1.165, 1.54) is 0 Å². The summed E-state index contributed by atoms with van der Waals surface area (Å²) in [5, 5.41) is 15.0. The molecule has 41 heavy (non-hydrogen) atoms. The van der Waals surface area contributed by atoms with Crippen molar-refractivity contribution < 1.29 is 38.5 Å². The first kappa shape index (κ1) is 33.6. The van der Waals surface area contributed by atoms with Crippen LogP contribution < -0.4 is 5.32 Å². The second-order valence-corrected chi connectivity index (χ2v) is 11.2. The van der Waals surface area contributed by atoms with Crippen LogP contribution in [0, 0.1) is 5.41 Å². The van der Waals surface area contributed by atoms with Crippen molar-refractivity contribution >= 4 is 18.2 Å². The molecule has 0 aromatic heterocycles. The number of amides is 2. The van der Waals surface area contributed by atoms with Gasteiger partial charge in [-0.2, -0.15) is 5.06 Å². The molecule has 2 atom stereocenters. The van der Waals surface area contributed by atoms with E-state index in [1.807, 2.05) is 60.7 Å². The Kier molecular flexibility index (Phi) is 13.1. The maximum atomic E-state index is 13.0. The van der Waals surface area contributed by atoms with Crippen LogP contribution in [0.5, 0.6) is 0 Å². The van der Waals surface area contributed by atoms with Gasteiger partial charge in [-0.05, 0) is 65.5 Å². The molecule has 10 nitrogen and oxygen atoms in total. The molecule has 2 N–H and O–H groups in total. The number of aliphatic hydroxyl groups excluding tert-OH is 1. The van der Waals surface area contributed by atoms with E-state index in [0.29, 0.717) is 6.42 Å². The molecule has 10 heteroatoms. The van der Waals surface area contributed by atoms with Crippen molar-refractivity contribution in [2.45, 2.75) is 85.3 Å². The zero-order valence-electron chi connectivity index (χ0n) is 24.9. The van der Waals surface area contributed by atoms with Crippen LogP contribution >= 0.6 is 0 Å². The molecule has 0 saturated carbocycles. The first-order chi connectivity index (χ1) is 19.3. The van der Waals surface area contributed by atoms with Gasteiger partial charge in [-0.25, -0.2) is 9.59 Å². The molecule has 0 radical (unpaired) electrons. The normalized spacial score (nSPS) is 13.0. The van der Waals surface area contributed by atoms with Gasteiger partial charge in [0.2, 0.25) is 0 Å². The Morgan fingerprint density at radius 1 is 0.878 bits per heavy atom. The second-order valence-electron chi connectivity index (χ2n) is 11.2. The average Bonchev–Trinajstić information content (AvgIpc) is 2.92. The third kappa shape index (κ3) is 11.8. The van der Waals surface area contributed by atoms with Gasteiger partial charge in [0.15, 0.2) is 0 Å². The summed E-state index contributed by atoms with van der Waals surface area (Å²) in [4.78, 5) is 44.0. The molecule has 0 aliphatic carbocycles. The molecule has 0 saturated heterocycles. The highest BCUT2D eigenvalue weighted by molar-refractivity contribution is 5.77. The molecule has 0 unspecified atom stereocenters. The fraction of sp³-hybridized carbons (Fsp3) is 0.516. The van der Waals surface area contributed by atoms with Crippen molar-refractivity contribution in [2.24, 2.45) is 5.41 Å². The van der Waals surface area contributed by atoms with Crippen molar-refractivity contribution in [3.63, 3.8) is 0 Å². The van der Waals surface area contributed by atoms with Crippen LogP contribution in [0.1, 0.15) is 65.5 Å². The molecule has 0 fully saturated rings. The summed E-state index contributed by atoms with van der Waals surface area (Å²) in [7, 11) is 0. The molecule has 0 aliphatic heterocycles. The van der Waals surface area contributed by atoms with Gasteiger partial charge in [-0.3, -0.25) is 9.63 Å². The predicted molar refractivity (Wildman–Crippen MR) is 153 cm³/mol. The van der Waals surface area contributed by atoms with Crippen LogP contribution in [0.4, 0.5) is 9.59 Å². The number of esters is 1. The number of benzene rings is 2. The van der Waals surface area contributed by atoms with Crippen LogP contribution in [0.2, 0.25) is 0 Å². The molecule has 2 rings (SSSR count). The zero-order valence-corrected chi connectivity index (χ0v) is 24.9. The Morgan fingerprint density at radius 2 is 1.44 bits per heavy atom. The van der Waals surface area contributed by atoms with Crippen molar-refractivity contribution in [1.29, 1.82) is 0 Å². The number of aliphatic hydroxyl groups is 1. The lowest BCUT2D eigenvalue weighted by Gasteiger charge is -2.35. The van der Waals surface area contributed by atoms with E-state index >= 15 is 0 Å². The maximum Gasteiger partial charge on any atom is 0.434 e. The number of hydroxylamine groups is 2. The maximum absolute atomic E-state index is 13.0. The number of alkyl carbamates (subject to hydrolysis) is 1. The van der Waals surface area contributed by atoms with Gasteiger partial charge >= 0.3 is 18.2 Å². The number of hydrogen-bond acceptors (Lipinski definition) is 8. The minimum Gasteiger partial charge on any atom is -0.466 e. The highest BCUT2D eigenvalue weighted by Gasteiger charge is 2.42. The fourth-order valence-electron chi connectivity index (χ4n) is 3.89. The Morgan fingerprint density at radius 3 is 1.98 bits per heavy atom. The highest BCUT2D eigenvalue weighted by Crippen LogP contribution is 2.27. The minimum atomic E-state index is -1.33. The fourth-order valence-corrected chi connectivity index (χ4v) is 3.89. The van der Waals surface area contributed by atoms with Crippen molar-refractivity contribution in [3.8, 4) is 0 Å². The van der Waals surface area contributed by atoms with Gasteiger partial charge in [0.25, 0.3) is 0 Å². The van der Waals surface area contributed by atoms with E-state index in [-0.39, 0.29) is 32.8 Å². The SMILES string of the molecule is CCOC(=O)C(C)(C)[C@@H](O)[C@H](CCCN(OCc1ccccc1)C(=O)OCc1ccccc1)NC(=O)OC(C)(C)C. The molecular formula is C31H44N2O8. The summed E-state index contributed by atoms with van der Waals surface area (Å²) in [6, 6.07) is 17.8. The lowest BCUT2D eigenvalue weighted by Crippen LogP contribution is -2.53. The number of nitrogens with zero attached hydrogens (tertiary/aromatic N) is 1. The van der Waals surface area contributed by atoms with Crippen LogP contribution in [-0.4, -0.2) is 59.2 Å². The Hall–Kier alpha value is -3.63. The van der Waals surface area contributed by atoms with E-state index in [4.69, 9.17) is 19.0 Å². The van der Waals surface area contributed by atoms with Crippen LogP contribution in [-0.2, 0) is 37.1 Å². The molecule has 226 valence electrons. The Bertz CT molecular complexity index is 1090. The summed E-state index contributed by atoms with van der Waals surface area (Å²) in [5.41, 5.74) is -0.395. The average molecular weight is 573 g/mol. The quantitative estimate of drug-likeness (QED) is 0.176. The molecule has 2 amide bonds. The molecule has 0 aliphatic rings. The minimum absolute atomic E-state index is 0.0696. The molecule has 2 aromatic rings. The van der Waals surface area contributed by atoms with Gasteiger partial charge in [-0.15, -0.1) is 0 Å². The first-order valence-electron chi connectivity index (χ1n) is 13.8. The number of nitrogens with one attached hydrogen (secondary N) is 1. The van der Waals surface area contributed by atoms with E-state index in [1.54, 1.807) is 41.5 Å². The van der Waals surface area contributed by atoms with E-state index < -0.39 is 41.3 Å². The first-order valence-corrected chi connectivity index (χ1v) is 13.8. The van der Waals surface area contributed by atoms with Crippen LogP contribution in [0.25, 0.3) is 0 Å². The third-order valence-electron chi connectivity index (χ3n) is 6.14. The molecule has 0 spiro atoms. The molecule has 0 bridgehead atoms. The molecule has 2 aromatic carbocycles.